The molecule has 0 amide bonds. The lowest BCUT2D eigenvalue weighted by molar-refractivity contribution is 0.415. The number of nitrogens with zero attached hydrogens (tertiary/aromatic N) is 2. The Balaban J connectivity index is 2.19. The molecule has 0 saturated heterocycles. The number of methoxy groups -OCH3 is 1. The Morgan fingerprint density at radius 3 is 2.84 bits per heavy atom. The topological polar surface area (TPSA) is 57.9 Å². The number of anilines is 1. The minimum atomic E-state index is -0.500. The summed E-state index contributed by atoms with van der Waals surface area (Å²) >= 11 is 3.32. The summed E-state index contributed by atoms with van der Waals surface area (Å²) in [5.41, 5.74) is 1.49. The smallest absolute Gasteiger partial charge is 0.157 e. The fraction of sp³-hybridized carbons (Fsp3) is 0.143. The molecule has 1 unspecified atom stereocenters. The summed E-state index contributed by atoms with van der Waals surface area (Å²) in [7, 11) is 1.61. The van der Waals surface area contributed by atoms with Crippen LogP contribution in [0.25, 0.3) is 0 Å². The van der Waals surface area contributed by atoms with E-state index in [1.54, 1.807) is 13.3 Å². The van der Waals surface area contributed by atoms with Gasteiger partial charge >= 0.3 is 0 Å². The molecule has 0 spiro atoms. The standard InChI is InChI=1S/C14H12BrN3O/c1-19-12-4-2-3-11(7-12)18-14(8-16)13-6-5-10(15)9-17-13/h2-7,9,14,18H,1H3. The van der Waals surface area contributed by atoms with Crippen LogP contribution >= 0.6 is 15.9 Å². The van der Waals surface area contributed by atoms with Gasteiger partial charge in [-0.25, -0.2) is 0 Å². The van der Waals surface area contributed by atoms with E-state index < -0.39 is 6.04 Å². The van der Waals surface area contributed by atoms with Crippen LogP contribution in [0.3, 0.4) is 0 Å². The molecular formula is C14H12BrN3O. The van der Waals surface area contributed by atoms with Crippen LogP contribution < -0.4 is 10.1 Å². The molecule has 1 heterocycles. The fourth-order valence-corrected chi connectivity index (χ4v) is 1.84. The van der Waals surface area contributed by atoms with Crippen LogP contribution in [0.4, 0.5) is 5.69 Å². The number of nitriles is 1. The first kappa shape index (κ1) is 13.4. The van der Waals surface area contributed by atoms with Gasteiger partial charge in [0, 0.05) is 22.4 Å². The minimum Gasteiger partial charge on any atom is -0.497 e. The molecule has 5 heteroatoms. The van der Waals surface area contributed by atoms with Crippen molar-refractivity contribution in [1.82, 2.24) is 4.98 Å². The fourth-order valence-electron chi connectivity index (χ4n) is 1.61. The van der Waals surface area contributed by atoms with Crippen molar-refractivity contribution in [2.24, 2.45) is 0 Å². The molecule has 2 rings (SSSR count). The Kier molecular flexibility index (Phi) is 4.37. The van der Waals surface area contributed by atoms with Crippen LogP contribution in [0.15, 0.2) is 47.1 Å². The molecule has 19 heavy (non-hydrogen) atoms. The molecule has 1 atom stereocenters. The zero-order valence-electron chi connectivity index (χ0n) is 10.3. The van der Waals surface area contributed by atoms with Gasteiger partial charge in [-0.15, -0.1) is 0 Å². The first-order chi connectivity index (χ1) is 9.22. The molecule has 1 N–H and O–H groups in total. The Labute approximate surface area is 120 Å². The second-order valence-corrected chi connectivity index (χ2v) is 4.76. The molecule has 96 valence electrons. The van der Waals surface area contributed by atoms with E-state index >= 15 is 0 Å². The average molecular weight is 318 g/mol. The largest absolute Gasteiger partial charge is 0.497 e. The molecular weight excluding hydrogens is 306 g/mol. The first-order valence-corrected chi connectivity index (χ1v) is 6.44. The quantitative estimate of drug-likeness (QED) is 0.937. The third-order valence-corrected chi connectivity index (χ3v) is 3.02. The summed E-state index contributed by atoms with van der Waals surface area (Å²) in [6.45, 7) is 0. The van der Waals surface area contributed by atoms with Gasteiger partial charge in [-0.3, -0.25) is 4.98 Å². The maximum atomic E-state index is 9.24. The summed E-state index contributed by atoms with van der Waals surface area (Å²) in [6.07, 6.45) is 1.67. The van der Waals surface area contributed by atoms with Crippen LogP contribution in [0.1, 0.15) is 11.7 Å². The van der Waals surface area contributed by atoms with Gasteiger partial charge in [-0.2, -0.15) is 5.26 Å². The van der Waals surface area contributed by atoms with Crippen LogP contribution in [0.5, 0.6) is 5.75 Å². The van der Waals surface area contributed by atoms with E-state index in [-0.39, 0.29) is 0 Å². The van der Waals surface area contributed by atoms with E-state index in [1.807, 2.05) is 36.4 Å². The minimum absolute atomic E-state index is 0.500. The predicted octanol–water partition coefficient (Wildman–Crippen LogP) is 3.53. The number of nitrogens with one attached hydrogen (secondary N) is 1. The van der Waals surface area contributed by atoms with Gasteiger partial charge in [0.05, 0.1) is 18.9 Å². The zero-order chi connectivity index (χ0) is 13.7. The third-order valence-electron chi connectivity index (χ3n) is 2.56. The van der Waals surface area contributed by atoms with Crippen molar-refractivity contribution in [2.75, 3.05) is 12.4 Å². The molecule has 0 bridgehead atoms. The van der Waals surface area contributed by atoms with Crippen molar-refractivity contribution in [3.05, 3.63) is 52.8 Å². The lowest BCUT2D eigenvalue weighted by Crippen LogP contribution is -2.10. The second-order valence-electron chi connectivity index (χ2n) is 3.84. The highest BCUT2D eigenvalue weighted by Crippen LogP contribution is 2.22. The number of halogens is 1. The van der Waals surface area contributed by atoms with Crippen molar-refractivity contribution in [2.45, 2.75) is 6.04 Å². The van der Waals surface area contributed by atoms with Crippen LogP contribution in [-0.4, -0.2) is 12.1 Å². The van der Waals surface area contributed by atoms with Crippen LogP contribution in [0, 0.1) is 11.3 Å². The van der Waals surface area contributed by atoms with Gasteiger partial charge in [0.1, 0.15) is 5.75 Å². The molecule has 1 aromatic carbocycles. The van der Waals surface area contributed by atoms with E-state index in [9.17, 15) is 5.26 Å². The molecule has 0 aliphatic heterocycles. The molecule has 0 aliphatic carbocycles. The number of ether oxygens (including phenoxy) is 1. The Hall–Kier alpha value is -2.06. The highest BCUT2D eigenvalue weighted by Gasteiger charge is 2.11. The van der Waals surface area contributed by atoms with E-state index in [2.05, 4.69) is 32.3 Å². The number of benzene rings is 1. The number of hydrogen-bond donors (Lipinski definition) is 1. The van der Waals surface area contributed by atoms with Gasteiger partial charge in [-0.05, 0) is 40.2 Å². The number of rotatable bonds is 4. The zero-order valence-corrected chi connectivity index (χ0v) is 11.9. The summed E-state index contributed by atoms with van der Waals surface area (Å²) < 4.78 is 6.03. The SMILES string of the molecule is COc1cccc(NC(C#N)c2ccc(Br)cn2)c1. The number of aromatic nitrogens is 1. The molecule has 2 aromatic rings. The monoisotopic (exact) mass is 317 g/mol. The third kappa shape index (κ3) is 3.46. The molecule has 0 aliphatic rings. The summed E-state index contributed by atoms with van der Waals surface area (Å²) in [6, 6.07) is 12.8. The Morgan fingerprint density at radius 2 is 2.21 bits per heavy atom. The lowest BCUT2D eigenvalue weighted by Gasteiger charge is -2.13. The van der Waals surface area contributed by atoms with E-state index in [0.29, 0.717) is 5.69 Å². The number of pyridine rings is 1. The summed E-state index contributed by atoms with van der Waals surface area (Å²) in [4.78, 5) is 4.23. The van der Waals surface area contributed by atoms with Gasteiger partial charge in [0.2, 0.25) is 0 Å². The molecule has 0 saturated carbocycles. The van der Waals surface area contributed by atoms with Gasteiger partial charge in [0.25, 0.3) is 0 Å². The molecule has 0 fully saturated rings. The average Bonchev–Trinajstić information content (AvgIpc) is 2.46. The van der Waals surface area contributed by atoms with E-state index in [0.717, 1.165) is 15.9 Å². The molecule has 4 nitrogen and oxygen atoms in total. The maximum Gasteiger partial charge on any atom is 0.157 e. The van der Waals surface area contributed by atoms with Gasteiger partial charge < -0.3 is 10.1 Å². The van der Waals surface area contributed by atoms with Crippen molar-refractivity contribution < 1.29 is 4.74 Å². The predicted molar refractivity (Wildman–Crippen MR) is 76.9 cm³/mol. The van der Waals surface area contributed by atoms with E-state index in [1.165, 1.54) is 0 Å². The highest BCUT2D eigenvalue weighted by molar-refractivity contribution is 9.10. The van der Waals surface area contributed by atoms with Gasteiger partial charge in [-0.1, -0.05) is 6.07 Å². The lowest BCUT2D eigenvalue weighted by atomic mass is 10.2. The molecule has 0 radical (unpaired) electrons. The van der Waals surface area contributed by atoms with Crippen molar-refractivity contribution >= 4 is 21.6 Å². The number of hydrogen-bond acceptors (Lipinski definition) is 4. The van der Waals surface area contributed by atoms with Crippen LogP contribution in [0.2, 0.25) is 0 Å². The van der Waals surface area contributed by atoms with Crippen molar-refractivity contribution in [1.29, 1.82) is 5.26 Å². The van der Waals surface area contributed by atoms with Crippen molar-refractivity contribution in [3.63, 3.8) is 0 Å². The summed E-state index contributed by atoms with van der Waals surface area (Å²) in [5, 5.41) is 12.4. The first-order valence-electron chi connectivity index (χ1n) is 5.64. The van der Waals surface area contributed by atoms with Crippen LogP contribution in [-0.2, 0) is 0 Å². The maximum absolute atomic E-state index is 9.24. The Morgan fingerprint density at radius 1 is 1.37 bits per heavy atom. The summed E-state index contributed by atoms with van der Waals surface area (Å²) in [5.74, 6) is 0.741. The second kappa shape index (κ2) is 6.21. The van der Waals surface area contributed by atoms with E-state index in [4.69, 9.17) is 4.74 Å². The Bertz CT molecular complexity index is 592. The normalized spacial score (nSPS) is 11.4. The molecule has 1 aromatic heterocycles. The van der Waals surface area contributed by atoms with Gasteiger partial charge in [0.15, 0.2) is 6.04 Å². The van der Waals surface area contributed by atoms with Crippen molar-refractivity contribution in [3.8, 4) is 11.8 Å². The highest BCUT2D eigenvalue weighted by atomic mass is 79.9.